The minimum Gasteiger partial charge on any atom is -0.496 e. The maximum absolute atomic E-state index is 13.9. The lowest BCUT2D eigenvalue weighted by Crippen LogP contribution is -2.35. The standard InChI is InChI=1S/C14H19F2NO/c1-13(15,16)12-10(6-5-7-11(12)18-2)14(17)8-3-4-9-14/h5-7H,3-4,8-9,17H2,1-2H3. The molecule has 0 heterocycles. The summed E-state index contributed by atoms with van der Waals surface area (Å²) >= 11 is 0. The van der Waals surface area contributed by atoms with Crippen LogP contribution in [0.2, 0.25) is 0 Å². The summed E-state index contributed by atoms with van der Waals surface area (Å²) in [6.45, 7) is 0.896. The predicted molar refractivity (Wildman–Crippen MR) is 66.9 cm³/mol. The summed E-state index contributed by atoms with van der Waals surface area (Å²) in [5.41, 5.74) is 6.15. The van der Waals surface area contributed by atoms with Crippen molar-refractivity contribution in [1.82, 2.24) is 0 Å². The lowest BCUT2D eigenvalue weighted by atomic mass is 9.84. The maximum Gasteiger partial charge on any atom is 0.274 e. The van der Waals surface area contributed by atoms with Crippen LogP contribution in [0.15, 0.2) is 18.2 Å². The summed E-state index contributed by atoms with van der Waals surface area (Å²) in [7, 11) is 1.41. The topological polar surface area (TPSA) is 35.2 Å². The summed E-state index contributed by atoms with van der Waals surface area (Å²) in [6.07, 6.45) is 3.48. The van der Waals surface area contributed by atoms with Crippen LogP contribution in [0.3, 0.4) is 0 Å². The first-order valence-corrected chi connectivity index (χ1v) is 6.23. The molecule has 0 saturated heterocycles. The smallest absolute Gasteiger partial charge is 0.274 e. The van der Waals surface area contributed by atoms with E-state index in [0.29, 0.717) is 5.56 Å². The highest BCUT2D eigenvalue weighted by Gasteiger charge is 2.40. The molecule has 1 saturated carbocycles. The minimum absolute atomic E-state index is 0.0584. The van der Waals surface area contributed by atoms with Gasteiger partial charge < -0.3 is 10.5 Å². The number of benzene rings is 1. The van der Waals surface area contributed by atoms with E-state index in [0.717, 1.165) is 32.6 Å². The second-order valence-electron chi connectivity index (χ2n) is 5.13. The van der Waals surface area contributed by atoms with Gasteiger partial charge in [0.2, 0.25) is 0 Å². The summed E-state index contributed by atoms with van der Waals surface area (Å²) in [5, 5.41) is 0. The average Bonchev–Trinajstić information content (AvgIpc) is 2.75. The van der Waals surface area contributed by atoms with Crippen molar-refractivity contribution in [2.45, 2.75) is 44.1 Å². The Morgan fingerprint density at radius 2 is 1.89 bits per heavy atom. The fourth-order valence-electron chi connectivity index (χ4n) is 2.84. The van der Waals surface area contributed by atoms with Crippen molar-refractivity contribution >= 4 is 0 Å². The molecular weight excluding hydrogens is 236 g/mol. The van der Waals surface area contributed by atoms with E-state index < -0.39 is 11.5 Å². The van der Waals surface area contributed by atoms with Gasteiger partial charge in [-0.15, -0.1) is 0 Å². The predicted octanol–water partition coefficient (Wildman–Crippen LogP) is 3.53. The number of nitrogens with two attached hydrogens (primary N) is 1. The molecule has 0 aromatic heterocycles. The number of alkyl halides is 2. The zero-order valence-electron chi connectivity index (χ0n) is 10.8. The molecule has 0 spiro atoms. The number of methoxy groups -OCH3 is 1. The van der Waals surface area contributed by atoms with Gasteiger partial charge in [0.15, 0.2) is 0 Å². The highest BCUT2D eigenvalue weighted by atomic mass is 19.3. The molecule has 2 N–H and O–H groups in total. The van der Waals surface area contributed by atoms with Gasteiger partial charge in [-0.25, -0.2) is 8.78 Å². The molecule has 2 rings (SSSR count). The molecule has 1 aliphatic carbocycles. The Hall–Kier alpha value is -1.16. The number of hydrogen-bond donors (Lipinski definition) is 1. The molecule has 1 aromatic rings. The summed E-state index contributed by atoms with van der Waals surface area (Å²) in [5.74, 6) is -2.73. The van der Waals surface area contributed by atoms with Crippen LogP contribution in [0.1, 0.15) is 43.7 Å². The van der Waals surface area contributed by atoms with Gasteiger partial charge in [0.1, 0.15) is 5.75 Å². The van der Waals surface area contributed by atoms with Crippen LogP contribution in [0.25, 0.3) is 0 Å². The Bertz CT molecular complexity index is 434. The molecule has 4 heteroatoms. The lowest BCUT2D eigenvalue weighted by Gasteiger charge is -2.30. The summed E-state index contributed by atoms with van der Waals surface area (Å²) in [4.78, 5) is 0. The fraction of sp³-hybridized carbons (Fsp3) is 0.571. The fourth-order valence-corrected chi connectivity index (χ4v) is 2.84. The van der Waals surface area contributed by atoms with Crippen molar-refractivity contribution in [3.05, 3.63) is 29.3 Å². The summed E-state index contributed by atoms with van der Waals surface area (Å²) < 4.78 is 32.8. The number of halogens is 2. The van der Waals surface area contributed by atoms with Crippen LogP contribution in [0.5, 0.6) is 5.75 Å². The van der Waals surface area contributed by atoms with E-state index in [9.17, 15) is 8.78 Å². The van der Waals surface area contributed by atoms with E-state index in [1.807, 2.05) is 0 Å². The second kappa shape index (κ2) is 4.50. The van der Waals surface area contributed by atoms with E-state index in [2.05, 4.69) is 0 Å². The Balaban J connectivity index is 2.60. The van der Waals surface area contributed by atoms with Gasteiger partial charge in [-0.2, -0.15) is 0 Å². The monoisotopic (exact) mass is 255 g/mol. The minimum atomic E-state index is -2.95. The Morgan fingerprint density at radius 1 is 1.28 bits per heavy atom. The molecule has 1 fully saturated rings. The van der Waals surface area contributed by atoms with Gasteiger partial charge in [-0.1, -0.05) is 25.0 Å². The number of hydrogen-bond acceptors (Lipinski definition) is 2. The molecule has 1 aromatic carbocycles. The number of ether oxygens (including phenoxy) is 1. The first-order valence-electron chi connectivity index (χ1n) is 6.23. The van der Waals surface area contributed by atoms with E-state index in [1.54, 1.807) is 18.2 Å². The maximum atomic E-state index is 13.9. The molecule has 0 bridgehead atoms. The van der Waals surface area contributed by atoms with Crippen LogP contribution in [0, 0.1) is 0 Å². The zero-order chi connectivity index (χ0) is 13.4. The van der Waals surface area contributed by atoms with E-state index in [1.165, 1.54) is 7.11 Å². The Kier molecular flexibility index (Phi) is 3.32. The molecule has 0 radical (unpaired) electrons. The van der Waals surface area contributed by atoms with Crippen molar-refractivity contribution in [3.63, 3.8) is 0 Å². The van der Waals surface area contributed by atoms with Crippen LogP contribution >= 0.6 is 0 Å². The Morgan fingerprint density at radius 3 is 2.39 bits per heavy atom. The van der Waals surface area contributed by atoms with Crippen LogP contribution in [0.4, 0.5) is 8.78 Å². The Labute approximate surface area is 106 Å². The average molecular weight is 255 g/mol. The first kappa shape index (κ1) is 13.3. The molecule has 0 aliphatic heterocycles. The third-order valence-electron chi connectivity index (χ3n) is 3.72. The van der Waals surface area contributed by atoms with Crippen LogP contribution < -0.4 is 10.5 Å². The van der Waals surface area contributed by atoms with E-state index >= 15 is 0 Å². The SMILES string of the molecule is COc1cccc(C2(N)CCCC2)c1C(C)(F)F. The van der Waals surface area contributed by atoms with Gasteiger partial charge >= 0.3 is 0 Å². The van der Waals surface area contributed by atoms with Crippen LogP contribution in [-0.2, 0) is 11.5 Å². The molecular formula is C14H19F2NO. The quantitative estimate of drug-likeness (QED) is 0.896. The highest BCUT2D eigenvalue weighted by molar-refractivity contribution is 5.46. The largest absolute Gasteiger partial charge is 0.496 e. The van der Waals surface area contributed by atoms with Gasteiger partial charge in [0.05, 0.1) is 12.7 Å². The molecule has 1 aliphatic rings. The van der Waals surface area contributed by atoms with E-state index in [-0.39, 0.29) is 11.3 Å². The molecule has 2 nitrogen and oxygen atoms in total. The molecule has 0 unspecified atom stereocenters. The van der Waals surface area contributed by atoms with Crippen molar-refractivity contribution in [2.24, 2.45) is 5.73 Å². The molecule has 18 heavy (non-hydrogen) atoms. The molecule has 0 amide bonds. The van der Waals surface area contributed by atoms with Crippen molar-refractivity contribution < 1.29 is 13.5 Å². The molecule has 100 valence electrons. The third-order valence-corrected chi connectivity index (χ3v) is 3.72. The van der Waals surface area contributed by atoms with Gasteiger partial charge in [-0.3, -0.25) is 0 Å². The number of rotatable bonds is 3. The lowest BCUT2D eigenvalue weighted by molar-refractivity contribution is 0.0128. The second-order valence-corrected chi connectivity index (χ2v) is 5.13. The zero-order valence-corrected chi connectivity index (χ0v) is 10.8. The summed E-state index contributed by atoms with van der Waals surface area (Å²) in [6, 6.07) is 5.01. The molecule has 0 atom stereocenters. The van der Waals surface area contributed by atoms with Crippen molar-refractivity contribution in [1.29, 1.82) is 0 Å². The van der Waals surface area contributed by atoms with Crippen molar-refractivity contribution in [3.8, 4) is 5.75 Å². The van der Waals surface area contributed by atoms with Gasteiger partial charge in [0, 0.05) is 12.5 Å². The van der Waals surface area contributed by atoms with Crippen molar-refractivity contribution in [2.75, 3.05) is 7.11 Å². The first-order chi connectivity index (χ1) is 8.38. The third kappa shape index (κ3) is 2.21. The van der Waals surface area contributed by atoms with E-state index in [4.69, 9.17) is 10.5 Å². The highest BCUT2D eigenvalue weighted by Crippen LogP contribution is 2.45. The normalized spacial score (nSPS) is 18.9. The van der Waals surface area contributed by atoms with Gasteiger partial charge in [-0.05, 0) is 24.5 Å². The van der Waals surface area contributed by atoms with Crippen LogP contribution in [-0.4, -0.2) is 7.11 Å². The van der Waals surface area contributed by atoms with Gasteiger partial charge in [0.25, 0.3) is 5.92 Å².